The predicted octanol–water partition coefficient (Wildman–Crippen LogP) is 1.87. The van der Waals surface area contributed by atoms with Crippen LogP contribution in [0.1, 0.15) is 10.4 Å². The molecule has 21 heavy (non-hydrogen) atoms. The van der Waals surface area contributed by atoms with E-state index in [-0.39, 0.29) is 5.91 Å². The molecule has 0 fully saturated rings. The zero-order valence-electron chi connectivity index (χ0n) is 12.3. The molecule has 1 aromatic rings. The van der Waals surface area contributed by atoms with Gasteiger partial charge in [-0.15, -0.1) is 0 Å². The van der Waals surface area contributed by atoms with Gasteiger partial charge in [0.1, 0.15) is 0 Å². The van der Waals surface area contributed by atoms with E-state index in [1.807, 2.05) is 18.2 Å². The summed E-state index contributed by atoms with van der Waals surface area (Å²) in [5.74, 6) is -1.16. The Kier molecular flexibility index (Phi) is 4.57. The van der Waals surface area contributed by atoms with Crippen molar-refractivity contribution in [2.45, 2.75) is 11.5 Å². The molecule has 0 heterocycles. The summed E-state index contributed by atoms with van der Waals surface area (Å²) >= 11 is 0. The SMILES string of the molecule is COC1(NC(=O)c2ccccc2)C=CC(OC)(OC)C=C1. The third kappa shape index (κ3) is 3.21. The van der Waals surface area contributed by atoms with E-state index >= 15 is 0 Å². The minimum Gasteiger partial charge on any atom is -0.352 e. The normalized spacial score (nSPS) is 18.4. The molecular weight excluding hydrogens is 270 g/mol. The van der Waals surface area contributed by atoms with Gasteiger partial charge in [-0.25, -0.2) is 0 Å². The highest BCUT2D eigenvalue weighted by atomic mass is 16.7. The van der Waals surface area contributed by atoms with Crippen molar-refractivity contribution in [1.29, 1.82) is 0 Å². The van der Waals surface area contributed by atoms with Crippen molar-refractivity contribution in [2.24, 2.45) is 0 Å². The fourth-order valence-corrected chi connectivity index (χ4v) is 2.06. The lowest BCUT2D eigenvalue weighted by atomic mass is 10.0. The zero-order chi connectivity index (χ0) is 15.3. The molecule has 1 aliphatic carbocycles. The average Bonchev–Trinajstić information content (AvgIpc) is 2.56. The van der Waals surface area contributed by atoms with Crippen molar-refractivity contribution in [3.05, 3.63) is 60.2 Å². The van der Waals surface area contributed by atoms with E-state index in [0.29, 0.717) is 5.56 Å². The highest BCUT2D eigenvalue weighted by Crippen LogP contribution is 2.26. The zero-order valence-corrected chi connectivity index (χ0v) is 12.3. The Labute approximate surface area is 124 Å². The number of carbonyl (C=O) groups excluding carboxylic acids is 1. The van der Waals surface area contributed by atoms with Crippen molar-refractivity contribution >= 4 is 5.91 Å². The van der Waals surface area contributed by atoms with Gasteiger partial charge in [0.15, 0.2) is 5.72 Å². The third-order valence-corrected chi connectivity index (χ3v) is 3.45. The minimum absolute atomic E-state index is 0.228. The van der Waals surface area contributed by atoms with Crippen LogP contribution in [0, 0.1) is 0 Å². The molecular formula is C16H19NO4. The first-order valence-corrected chi connectivity index (χ1v) is 6.52. The van der Waals surface area contributed by atoms with Gasteiger partial charge in [-0.1, -0.05) is 18.2 Å². The summed E-state index contributed by atoms with van der Waals surface area (Å²) in [4.78, 5) is 12.3. The predicted molar refractivity (Wildman–Crippen MR) is 78.7 cm³/mol. The van der Waals surface area contributed by atoms with Crippen molar-refractivity contribution < 1.29 is 19.0 Å². The lowest BCUT2D eigenvalue weighted by molar-refractivity contribution is -0.137. The number of rotatable bonds is 5. The molecule has 0 bridgehead atoms. The highest BCUT2D eigenvalue weighted by molar-refractivity contribution is 5.94. The van der Waals surface area contributed by atoms with Crippen LogP contribution < -0.4 is 5.32 Å². The number of ether oxygens (including phenoxy) is 3. The molecule has 1 N–H and O–H groups in total. The van der Waals surface area contributed by atoms with Crippen LogP contribution in [0.5, 0.6) is 0 Å². The lowest BCUT2D eigenvalue weighted by Gasteiger charge is -2.34. The Morgan fingerprint density at radius 2 is 1.48 bits per heavy atom. The molecule has 1 aliphatic rings. The van der Waals surface area contributed by atoms with Crippen LogP contribution in [0.25, 0.3) is 0 Å². The molecule has 1 amide bonds. The van der Waals surface area contributed by atoms with Gasteiger partial charge in [0.25, 0.3) is 5.91 Å². The maximum atomic E-state index is 12.3. The van der Waals surface area contributed by atoms with Gasteiger partial charge in [0.2, 0.25) is 5.79 Å². The van der Waals surface area contributed by atoms with Gasteiger partial charge >= 0.3 is 0 Å². The maximum Gasteiger partial charge on any atom is 0.253 e. The van der Waals surface area contributed by atoms with Crippen LogP contribution in [0.15, 0.2) is 54.6 Å². The molecule has 0 saturated heterocycles. The van der Waals surface area contributed by atoms with E-state index in [1.165, 1.54) is 7.11 Å². The Bertz CT molecular complexity index is 531. The van der Waals surface area contributed by atoms with E-state index < -0.39 is 11.5 Å². The number of amides is 1. The van der Waals surface area contributed by atoms with Crippen molar-refractivity contribution in [2.75, 3.05) is 21.3 Å². The first-order chi connectivity index (χ1) is 10.1. The quantitative estimate of drug-likeness (QED) is 0.664. The van der Waals surface area contributed by atoms with Crippen molar-refractivity contribution in [3.63, 3.8) is 0 Å². The summed E-state index contributed by atoms with van der Waals surface area (Å²) in [6.45, 7) is 0. The lowest BCUT2D eigenvalue weighted by Crippen LogP contribution is -2.50. The molecule has 0 radical (unpaired) electrons. The average molecular weight is 289 g/mol. The number of nitrogens with one attached hydrogen (secondary N) is 1. The number of hydrogen-bond acceptors (Lipinski definition) is 4. The van der Waals surface area contributed by atoms with Crippen LogP contribution in [-0.2, 0) is 14.2 Å². The Morgan fingerprint density at radius 1 is 0.905 bits per heavy atom. The summed E-state index contributed by atoms with van der Waals surface area (Å²) in [7, 11) is 4.60. The molecule has 0 spiro atoms. The van der Waals surface area contributed by atoms with Crippen LogP contribution in [0.4, 0.5) is 0 Å². The molecule has 0 aliphatic heterocycles. The summed E-state index contributed by atoms with van der Waals surface area (Å²) in [5, 5.41) is 2.84. The van der Waals surface area contributed by atoms with E-state index in [0.717, 1.165) is 0 Å². The van der Waals surface area contributed by atoms with Crippen LogP contribution in [0.3, 0.4) is 0 Å². The second-order valence-corrected chi connectivity index (χ2v) is 4.61. The number of benzene rings is 1. The first kappa shape index (κ1) is 15.4. The maximum absolute atomic E-state index is 12.3. The van der Waals surface area contributed by atoms with Gasteiger partial charge in [-0.05, 0) is 36.4 Å². The Hall–Kier alpha value is -1.95. The van der Waals surface area contributed by atoms with Gasteiger partial charge in [-0.3, -0.25) is 4.79 Å². The van der Waals surface area contributed by atoms with Gasteiger partial charge in [0, 0.05) is 26.9 Å². The monoisotopic (exact) mass is 289 g/mol. The van der Waals surface area contributed by atoms with Crippen molar-refractivity contribution in [1.82, 2.24) is 5.32 Å². The molecule has 1 aromatic carbocycles. The van der Waals surface area contributed by atoms with Crippen molar-refractivity contribution in [3.8, 4) is 0 Å². The molecule has 5 nitrogen and oxygen atoms in total. The van der Waals surface area contributed by atoms with Gasteiger partial charge in [-0.2, -0.15) is 0 Å². The van der Waals surface area contributed by atoms with Crippen LogP contribution in [-0.4, -0.2) is 38.7 Å². The standard InChI is InChI=1S/C16H19NO4/c1-19-15(9-11-16(20-2,21-3)12-10-15)17-14(18)13-7-5-4-6-8-13/h4-12H,1-3H3,(H,17,18). The molecule has 0 saturated carbocycles. The summed E-state index contributed by atoms with van der Waals surface area (Å²) < 4.78 is 16.0. The van der Waals surface area contributed by atoms with E-state index in [2.05, 4.69) is 5.32 Å². The molecule has 0 atom stereocenters. The Morgan fingerprint density at radius 3 is 1.95 bits per heavy atom. The van der Waals surface area contributed by atoms with Crippen LogP contribution >= 0.6 is 0 Å². The molecule has 0 aromatic heterocycles. The topological polar surface area (TPSA) is 56.8 Å². The summed E-state index contributed by atoms with van der Waals surface area (Å²) in [6, 6.07) is 8.95. The van der Waals surface area contributed by atoms with Crippen LogP contribution in [0.2, 0.25) is 0 Å². The number of hydrogen-bond donors (Lipinski definition) is 1. The Balaban J connectivity index is 2.18. The van der Waals surface area contributed by atoms with E-state index in [9.17, 15) is 4.79 Å². The van der Waals surface area contributed by atoms with E-state index in [4.69, 9.17) is 14.2 Å². The van der Waals surface area contributed by atoms with E-state index in [1.54, 1.807) is 50.7 Å². The highest BCUT2D eigenvalue weighted by Gasteiger charge is 2.35. The minimum atomic E-state index is -1.02. The van der Waals surface area contributed by atoms with Gasteiger partial charge < -0.3 is 19.5 Å². The van der Waals surface area contributed by atoms with Gasteiger partial charge in [0.05, 0.1) is 0 Å². The fourth-order valence-electron chi connectivity index (χ4n) is 2.06. The molecule has 5 heteroatoms. The number of carbonyl (C=O) groups is 1. The second kappa shape index (κ2) is 6.22. The third-order valence-electron chi connectivity index (χ3n) is 3.45. The smallest absolute Gasteiger partial charge is 0.253 e. The fraction of sp³-hybridized carbons (Fsp3) is 0.312. The largest absolute Gasteiger partial charge is 0.352 e. The second-order valence-electron chi connectivity index (χ2n) is 4.61. The molecule has 0 unspecified atom stereocenters. The summed E-state index contributed by atoms with van der Waals surface area (Å²) in [6.07, 6.45) is 6.78. The summed E-state index contributed by atoms with van der Waals surface area (Å²) in [5.41, 5.74) is -0.459. The molecule has 112 valence electrons. The number of methoxy groups -OCH3 is 3. The molecule has 2 rings (SSSR count). The first-order valence-electron chi connectivity index (χ1n) is 6.52.